The van der Waals surface area contributed by atoms with E-state index in [-0.39, 0.29) is 11.9 Å². The first kappa shape index (κ1) is 20.2. The number of sulfone groups is 1. The zero-order valence-corrected chi connectivity index (χ0v) is 16.5. The van der Waals surface area contributed by atoms with Gasteiger partial charge in [-0.1, -0.05) is 19.1 Å². The van der Waals surface area contributed by atoms with Gasteiger partial charge >= 0.3 is 0 Å². The number of nitrogens with one attached hydrogen (secondary N) is 2. The fraction of sp³-hybridized carbons (Fsp3) is 0.556. The Morgan fingerprint density at radius 2 is 1.96 bits per heavy atom. The molecule has 144 valence electrons. The zero-order chi connectivity index (χ0) is 19.2. The molecule has 0 bridgehead atoms. The van der Waals surface area contributed by atoms with Gasteiger partial charge < -0.3 is 15.5 Å². The lowest BCUT2D eigenvalue weighted by Gasteiger charge is -2.18. The van der Waals surface area contributed by atoms with Crippen LogP contribution in [0.25, 0.3) is 0 Å². The molecule has 1 aliphatic rings. The Balaban J connectivity index is 1.97. The number of guanidine groups is 1. The number of likely N-dealkylation sites (tertiary alicyclic amines) is 1. The summed E-state index contributed by atoms with van der Waals surface area (Å²) in [5.74, 6) is 0.887. The van der Waals surface area contributed by atoms with Gasteiger partial charge in [0.15, 0.2) is 15.8 Å². The Hall–Kier alpha value is -2.09. The Labute approximate surface area is 155 Å². The van der Waals surface area contributed by atoms with Gasteiger partial charge in [0.05, 0.1) is 11.4 Å². The maximum absolute atomic E-state index is 11.8. The predicted molar refractivity (Wildman–Crippen MR) is 103 cm³/mol. The third kappa shape index (κ3) is 5.72. The summed E-state index contributed by atoms with van der Waals surface area (Å²) in [6.07, 6.45) is 2.63. The number of benzene rings is 1. The minimum Gasteiger partial charge on any atom is -0.357 e. The minimum atomic E-state index is -3.18. The molecular formula is C18H28N4O3S. The van der Waals surface area contributed by atoms with E-state index in [0.717, 1.165) is 25.1 Å². The van der Waals surface area contributed by atoms with Gasteiger partial charge in [-0.05, 0) is 31.0 Å². The molecule has 8 heteroatoms. The average molecular weight is 381 g/mol. The van der Waals surface area contributed by atoms with Crippen LogP contribution in [0, 0.1) is 0 Å². The van der Waals surface area contributed by atoms with Crippen LogP contribution in [0.4, 0.5) is 0 Å². The molecule has 1 aromatic carbocycles. The number of carbonyl (C=O) groups is 1. The maximum Gasteiger partial charge on any atom is 0.222 e. The lowest BCUT2D eigenvalue weighted by Crippen LogP contribution is -2.45. The van der Waals surface area contributed by atoms with Gasteiger partial charge in [0.2, 0.25) is 5.91 Å². The van der Waals surface area contributed by atoms with Crippen LogP contribution in [0.2, 0.25) is 0 Å². The standard InChI is InChI=1S/C18H28N4O3S/c1-4-17(23)22-11-10-15(13-22)21-18(19-5-2)20-12-14-6-8-16(9-7-14)26(3,24)25/h6-9,15H,4-5,10-13H2,1-3H3,(H2,19,20,21). The number of hydrogen-bond donors (Lipinski definition) is 2. The second-order valence-electron chi connectivity index (χ2n) is 6.43. The highest BCUT2D eigenvalue weighted by Crippen LogP contribution is 2.12. The van der Waals surface area contributed by atoms with E-state index in [0.29, 0.717) is 30.4 Å². The highest BCUT2D eigenvalue weighted by atomic mass is 32.2. The van der Waals surface area contributed by atoms with E-state index in [9.17, 15) is 13.2 Å². The van der Waals surface area contributed by atoms with Crippen molar-refractivity contribution in [3.8, 4) is 0 Å². The summed E-state index contributed by atoms with van der Waals surface area (Å²) in [4.78, 5) is 18.5. The number of nitrogens with zero attached hydrogens (tertiary/aromatic N) is 2. The molecule has 1 heterocycles. The molecule has 26 heavy (non-hydrogen) atoms. The van der Waals surface area contributed by atoms with E-state index in [1.807, 2.05) is 18.7 Å². The zero-order valence-electron chi connectivity index (χ0n) is 15.7. The number of carbonyl (C=O) groups excluding carboxylic acids is 1. The topological polar surface area (TPSA) is 90.9 Å². The van der Waals surface area contributed by atoms with Gasteiger partial charge in [-0.15, -0.1) is 0 Å². The molecule has 1 atom stereocenters. The molecule has 2 rings (SSSR count). The van der Waals surface area contributed by atoms with Crippen molar-refractivity contribution < 1.29 is 13.2 Å². The third-order valence-corrected chi connectivity index (χ3v) is 5.43. The van der Waals surface area contributed by atoms with Crippen molar-refractivity contribution in [3.63, 3.8) is 0 Å². The van der Waals surface area contributed by atoms with Crippen LogP contribution in [0.3, 0.4) is 0 Å². The van der Waals surface area contributed by atoms with Gasteiger partial charge in [0.25, 0.3) is 0 Å². The Morgan fingerprint density at radius 3 is 2.54 bits per heavy atom. The molecule has 1 amide bonds. The Kier molecular flexibility index (Phi) is 7.02. The predicted octanol–water partition coefficient (Wildman–Crippen LogP) is 1.16. The SMILES string of the molecule is CCNC(=NCc1ccc(S(C)(=O)=O)cc1)NC1CCN(C(=O)CC)C1. The van der Waals surface area contributed by atoms with Gasteiger partial charge in [0, 0.05) is 38.4 Å². The molecule has 7 nitrogen and oxygen atoms in total. The van der Waals surface area contributed by atoms with Crippen LogP contribution < -0.4 is 10.6 Å². The highest BCUT2D eigenvalue weighted by molar-refractivity contribution is 7.90. The van der Waals surface area contributed by atoms with Crippen molar-refractivity contribution in [1.29, 1.82) is 0 Å². The smallest absolute Gasteiger partial charge is 0.222 e. The summed E-state index contributed by atoms with van der Waals surface area (Å²) in [5, 5.41) is 6.59. The second kappa shape index (κ2) is 9.02. The summed E-state index contributed by atoms with van der Waals surface area (Å²) in [6.45, 7) is 6.53. The molecule has 1 unspecified atom stereocenters. The first-order chi connectivity index (χ1) is 12.3. The van der Waals surface area contributed by atoms with E-state index in [4.69, 9.17) is 0 Å². The molecule has 0 aromatic heterocycles. The van der Waals surface area contributed by atoms with Crippen molar-refractivity contribution in [2.24, 2.45) is 4.99 Å². The molecule has 1 saturated heterocycles. The Bertz CT molecular complexity index is 744. The van der Waals surface area contributed by atoms with Gasteiger partial charge in [-0.2, -0.15) is 0 Å². The average Bonchev–Trinajstić information content (AvgIpc) is 3.07. The van der Waals surface area contributed by atoms with Crippen LogP contribution in [-0.4, -0.2) is 57.1 Å². The van der Waals surface area contributed by atoms with Crippen LogP contribution >= 0.6 is 0 Å². The van der Waals surface area contributed by atoms with Crippen LogP contribution in [0.5, 0.6) is 0 Å². The Morgan fingerprint density at radius 1 is 1.27 bits per heavy atom. The number of amides is 1. The molecule has 0 radical (unpaired) electrons. The first-order valence-corrected chi connectivity index (χ1v) is 10.8. The monoisotopic (exact) mass is 380 g/mol. The summed E-state index contributed by atoms with van der Waals surface area (Å²) in [6, 6.07) is 6.95. The number of rotatable bonds is 6. The summed E-state index contributed by atoms with van der Waals surface area (Å²) in [5.41, 5.74) is 0.934. The third-order valence-electron chi connectivity index (χ3n) is 4.30. The normalized spacial score (nSPS) is 18.0. The van der Waals surface area contributed by atoms with Gasteiger partial charge in [-0.25, -0.2) is 13.4 Å². The van der Waals surface area contributed by atoms with E-state index < -0.39 is 9.84 Å². The van der Waals surface area contributed by atoms with E-state index in [1.54, 1.807) is 24.3 Å². The second-order valence-corrected chi connectivity index (χ2v) is 8.45. The van der Waals surface area contributed by atoms with Crippen LogP contribution in [0.15, 0.2) is 34.2 Å². The van der Waals surface area contributed by atoms with Gasteiger partial charge in [0.1, 0.15) is 0 Å². The minimum absolute atomic E-state index is 0.183. The largest absolute Gasteiger partial charge is 0.357 e. The molecule has 0 saturated carbocycles. The summed E-state index contributed by atoms with van der Waals surface area (Å²) in [7, 11) is -3.18. The highest BCUT2D eigenvalue weighted by Gasteiger charge is 2.25. The van der Waals surface area contributed by atoms with Crippen molar-refractivity contribution >= 4 is 21.7 Å². The number of aliphatic imine (C=N–C) groups is 1. The summed E-state index contributed by atoms with van der Waals surface area (Å²) >= 11 is 0. The van der Waals surface area contributed by atoms with E-state index in [1.165, 1.54) is 6.26 Å². The van der Waals surface area contributed by atoms with E-state index >= 15 is 0 Å². The molecule has 1 fully saturated rings. The van der Waals surface area contributed by atoms with E-state index in [2.05, 4.69) is 15.6 Å². The molecule has 2 N–H and O–H groups in total. The van der Waals surface area contributed by atoms with Crippen molar-refractivity contribution in [2.45, 2.75) is 44.2 Å². The van der Waals surface area contributed by atoms with Gasteiger partial charge in [-0.3, -0.25) is 4.79 Å². The quantitative estimate of drug-likeness (QED) is 0.571. The van der Waals surface area contributed by atoms with Crippen molar-refractivity contribution in [1.82, 2.24) is 15.5 Å². The first-order valence-electron chi connectivity index (χ1n) is 8.95. The molecule has 1 aliphatic heterocycles. The maximum atomic E-state index is 11.8. The van der Waals surface area contributed by atoms with Crippen molar-refractivity contribution in [3.05, 3.63) is 29.8 Å². The fourth-order valence-corrected chi connectivity index (χ4v) is 3.48. The lowest BCUT2D eigenvalue weighted by atomic mass is 10.2. The fourth-order valence-electron chi connectivity index (χ4n) is 2.85. The van der Waals surface area contributed by atoms with Crippen LogP contribution in [0.1, 0.15) is 32.3 Å². The number of hydrogen-bond acceptors (Lipinski definition) is 4. The van der Waals surface area contributed by atoms with Crippen LogP contribution in [-0.2, 0) is 21.2 Å². The molecule has 1 aromatic rings. The summed E-state index contributed by atoms with van der Waals surface area (Å²) < 4.78 is 23.0. The van der Waals surface area contributed by atoms with Crippen molar-refractivity contribution in [2.75, 3.05) is 25.9 Å². The molecule has 0 aliphatic carbocycles. The lowest BCUT2D eigenvalue weighted by molar-refractivity contribution is -0.129. The molecule has 0 spiro atoms. The molecular weight excluding hydrogens is 352 g/mol.